The molecule has 0 bridgehead atoms. The molecule has 1 aliphatic heterocycles. The summed E-state index contributed by atoms with van der Waals surface area (Å²) in [7, 11) is 0. The summed E-state index contributed by atoms with van der Waals surface area (Å²) in [5.74, 6) is -0.502. The van der Waals surface area contributed by atoms with Gasteiger partial charge in [-0.25, -0.2) is 4.39 Å². The van der Waals surface area contributed by atoms with Gasteiger partial charge in [0, 0.05) is 6.54 Å². The number of amides is 1. The minimum Gasteiger partial charge on any atom is -0.387 e. The number of hydrogen-bond acceptors (Lipinski definition) is 3. The molecule has 1 heterocycles. The Morgan fingerprint density at radius 2 is 2.44 bits per heavy atom. The van der Waals surface area contributed by atoms with Crippen molar-refractivity contribution in [2.24, 2.45) is 0 Å². The molecule has 0 aromatic heterocycles. The predicted octanol–water partition coefficient (Wildman–Crippen LogP) is 0.727. The van der Waals surface area contributed by atoms with Gasteiger partial charge < -0.3 is 15.7 Å². The third kappa shape index (κ3) is 3.27. The first kappa shape index (κ1) is 13.0. The van der Waals surface area contributed by atoms with Crippen LogP contribution in [0.3, 0.4) is 0 Å². The standard InChI is InChI=1S/C13H17FN2O2/c14-10-4-1-3-9(7-10)12(17)8-16-13(18)11-5-2-6-15-11/h1,3-4,7,11-12,15,17H,2,5-6,8H2,(H,16,18)/t11-,12+/m1/s1. The highest BCUT2D eigenvalue weighted by atomic mass is 19.1. The number of aliphatic hydroxyl groups excluding tert-OH is 1. The third-order valence-corrected chi connectivity index (χ3v) is 3.08. The summed E-state index contributed by atoms with van der Waals surface area (Å²) < 4.78 is 13.0. The number of carbonyl (C=O) groups excluding carboxylic acids is 1. The highest BCUT2D eigenvalue weighted by Gasteiger charge is 2.22. The van der Waals surface area contributed by atoms with Gasteiger partial charge in [-0.05, 0) is 37.1 Å². The van der Waals surface area contributed by atoms with Gasteiger partial charge in [0.15, 0.2) is 0 Å². The molecular formula is C13H17FN2O2. The molecule has 3 N–H and O–H groups in total. The van der Waals surface area contributed by atoms with Gasteiger partial charge in [0.2, 0.25) is 5.91 Å². The normalized spacial score (nSPS) is 20.7. The maximum absolute atomic E-state index is 13.0. The van der Waals surface area contributed by atoms with Crippen molar-refractivity contribution in [2.75, 3.05) is 13.1 Å². The monoisotopic (exact) mass is 252 g/mol. The topological polar surface area (TPSA) is 61.4 Å². The number of hydrogen-bond donors (Lipinski definition) is 3. The van der Waals surface area contributed by atoms with Gasteiger partial charge in [0.25, 0.3) is 0 Å². The number of carbonyl (C=O) groups is 1. The van der Waals surface area contributed by atoms with Gasteiger partial charge in [-0.2, -0.15) is 0 Å². The van der Waals surface area contributed by atoms with Crippen LogP contribution in [-0.2, 0) is 4.79 Å². The molecule has 98 valence electrons. The largest absolute Gasteiger partial charge is 0.387 e. The molecule has 0 unspecified atom stereocenters. The Balaban J connectivity index is 1.84. The van der Waals surface area contributed by atoms with Gasteiger partial charge in [-0.3, -0.25) is 4.79 Å². The molecule has 5 heteroatoms. The van der Waals surface area contributed by atoms with Crippen LogP contribution in [0.1, 0.15) is 24.5 Å². The molecule has 0 saturated carbocycles. The molecule has 2 rings (SSSR count). The SMILES string of the molecule is O=C(NC[C@H](O)c1cccc(F)c1)[C@H]1CCCN1. The van der Waals surface area contributed by atoms with Gasteiger partial charge in [-0.15, -0.1) is 0 Å². The van der Waals surface area contributed by atoms with E-state index in [4.69, 9.17) is 0 Å². The maximum atomic E-state index is 13.0. The van der Waals surface area contributed by atoms with Crippen molar-refractivity contribution in [3.8, 4) is 0 Å². The van der Waals surface area contributed by atoms with Crippen LogP contribution in [-0.4, -0.2) is 30.1 Å². The number of halogens is 1. The summed E-state index contributed by atoms with van der Waals surface area (Å²) in [6.07, 6.45) is 0.929. The molecule has 1 fully saturated rings. The second-order valence-electron chi connectivity index (χ2n) is 4.46. The smallest absolute Gasteiger partial charge is 0.237 e. The second-order valence-corrected chi connectivity index (χ2v) is 4.46. The van der Waals surface area contributed by atoms with Crippen molar-refractivity contribution in [2.45, 2.75) is 25.0 Å². The van der Waals surface area contributed by atoms with Crippen LogP contribution in [0.25, 0.3) is 0 Å². The zero-order chi connectivity index (χ0) is 13.0. The Kier molecular flexibility index (Phi) is 4.28. The fourth-order valence-electron chi connectivity index (χ4n) is 2.06. The van der Waals surface area contributed by atoms with E-state index in [-0.39, 0.29) is 18.5 Å². The van der Waals surface area contributed by atoms with E-state index in [0.717, 1.165) is 19.4 Å². The average molecular weight is 252 g/mol. The van der Waals surface area contributed by atoms with Crippen LogP contribution in [0, 0.1) is 5.82 Å². The second kappa shape index (κ2) is 5.93. The Bertz CT molecular complexity index is 419. The molecule has 0 spiro atoms. The van der Waals surface area contributed by atoms with E-state index in [1.165, 1.54) is 18.2 Å². The molecule has 0 radical (unpaired) electrons. The summed E-state index contributed by atoms with van der Waals surface area (Å²) >= 11 is 0. The predicted molar refractivity (Wildman–Crippen MR) is 65.4 cm³/mol. The van der Waals surface area contributed by atoms with Crippen LogP contribution in [0.2, 0.25) is 0 Å². The zero-order valence-corrected chi connectivity index (χ0v) is 10.0. The Morgan fingerprint density at radius 1 is 1.61 bits per heavy atom. The third-order valence-electron chi connectivity index (χ3n) is 3.08. The van der Waals surface area contributed by atoms with E-state index in [2.05, 4.69) is 10.6 Å². The Hall–Kier alpha value is -1.46. The summed E-state index contributed by atoms with van der Waals surface area (Å²) in [5.41, 5.74) is 0.467. The van der Waals surface area contributed by atoms with Crippen LogP contribution < -0.4 is 10.6 Å². The minimum atomic E-state index is -0.883. The maximum Gasteiger partial charge on any atom is 0.237 e. The molecule has 18 heavy (non-hydrogen) atoms. The first-order valence-corrected chi connectivity index (χ1v) is 6.11. The first-order chi connectivity index (χ1) is 8.66. The van der Waals surface area contributed by atoms with Crippen LogP contribution in [0.15, 0.2) is 24.3 Å². The molecule has 1 amide bonds. The van der Waals surface area contributed by atoms with Gasteiger partial charge in [0.1, 0.15) is 5.82 Å². The summed E-state index contributed by atoms with van der Waals surface area (Å²) in [6, 6.07) is 5.59. The summed E-state index contributed by atoms with van der Waals surface area (Å²) in [4.78, 5) is 11.7. The molecule has 1 aromatic carbocycles. The lowest BCUT2D eigenvalue weighted by Crippen LogP contribution is -2.41. The zero-order valence-electron chi connectivity index (χ0n) is 10.0. The van der Waals surface area contributed by atoms with Crippen molar-refractivity contribution in [3.05, 3.63) is 35.6 Å². The highest BCUT2D eigenvalue weighted by molar-refractivity contribution is 5.82. The van der Waals surface area contributed by atoms with E-state index in [1.54, 1.807) is 6.07 Å². The number of aliphatic hydroxyl groups is 1. The van der Waals surface area contributed by atoms with Crippen molar-refractivity contribution in [1.82, 2.24) is 10.6 Å². The summed E-state index contributed by atoms with van der Waals surface area (Å²) in [5, 5.41) is 15.6. The van der Waals surface area contributed by atoms with Crippen molar-refractivity contribution in [1.29, 1.82) is 0 Å². The minimum absolute atomic E-state index is 0.0977. The Morgan fingerprint density at radius 3 is 3.11 bits per heavy atom. The summed E-state index contributed by atoms with van der Waals surface area (Å²) in [6.45, 7) is 0.949. The fourth-order valence-corrected chi connectivity index (χ4v) is 2.06. The van der Waals surface area contributed by atoms with Crippen molar-refractivity contribution in [3.63, 3.8) is 0 Å². The van der Waals surface area contributed by atoms with Gasteiger partial charge in [0.05, 0.1) is 12.1 Å². The van der Waals surface area contributed by atoms with Crippen LogP contribution >= 0.6 is 0 Å². The van der Waals surface area contributed by atoms with E-state index in [0.29, 0.717) is 5.56 Å². The quantitative estimate of drug-likeness (QED) is 0.740. The molecule has 2 atom stereocenters. The molecule has 4 nitrogen and oxygen atoms in total. The number of rotatable bonds is 4. The van der Waals surface area contributed by atoms with Crippen molar-refractivity contribution >= 4 is 5.91 Å². The van der Waals surface area contributed by atoms with Gasteiger partial charge in [-0.1, -0.05) is 12.1 Å². The van der Waals surface area contributed by atoms with E-state index < -0.39 is 11.9 Å². The van der Waals surface area contributed by atoms with Gasteiger partial charge >= 0.3 is 0 Å². The van der Waals surface area contributed by atoms with E-state index in [9.17, 15) is 14.3 Å². The average Bonchev–Trinajstić information content (AvgIpc) is 2.89. The number of nitrogens with one attached hydrogen (secondary N) is 2. The molecular weight excluding hydrogens is 235 g/mol. The molecule has 0 aliphatic carbocycles. The highest BCUT2D eigenvalue weighted by Crippen LogP contribution is 2.13. The Labute approximate surface area is 105 Å². The molecule has 1 aromatic rings. The molecule has 1 aliphatic rings. The number of benzene rings is 1. The fraction of sp³-hybridized carbons (Fsp3) is 0.462. The lowest BCUT2D eigenvalue weighted by atomic mass is 10.1. The lowest BCUT2D eigenvalue weighted by Gasteiger charge is -2.15. The lowest BCUT2D eigenvalue weighted by molar-refractivity contribution is -0.123. The van der Waals surface area contributed by atoms with E-state index >= 15 is 0 Å². The first-order valence-electron chi connectivity index (χ1n) is 6.11. The van der Waals surface area contributed by atoms with E-state index in [1.807, 2.05) is 0 Å². The van der Waals surface area contributed by atoms with Crippen LogP contribution in [0.5, 0.6) is 0 Å². The van der Waals surface area contributed by atoms with Crippen molar-refractivity contribution < 1.29 is 14.3 Å². The molecule has 1 saturated heterocycles. The van der Waals surface area contributed by atoms with Crippen LogP contribution in [0.4, 0.5) is 4.39 Å².